The minimum Gasteiger partial charge on any atom is -0.374 e. The predicted molar refractivity (Wildman–Crippen MR) is 137 cm³/mol. The smallest absolute Gasteiger partial charge is 0.227 e. The summed E-state index contributed by atoms with van der Waals surface area (Å²) in [5.41, 5.74) is 3.04. The SMILES string of the molecule is CCN1CCOC(CN2CCN(c3nc4c(c(NCc5ccc(F)cc5Cl)n3)CNCC4)CC2)C1. The van der Waals surface area contributed by atoms with Crippen LogP contribution in [0.25, 0.3) is 0 Å². The number of piperazine rings is 1. The molecule has 1 atom stereocenters. The highest BCUT2D eigenvalue weighted by Crippen LogP contribution is 2.26. The molecule has 190 valence electrons. The average molecular weight is 504 g/mol. The van der Waals surface area contributed by atoms with Crippen LogP contribution in [0.4, 0.5) is 16.2 Å². The van der Waals surface area contributed by atoms with Gasteiger partial charge >= 0.3 is 0 Å². The number of nitrogens with one attached hydrogen (secondary N) is 2. The Morgan fingerprint density at radius 1 is 1.17 bits per heavy atom. The fourth-order valence-corrected chi connectivity index (χ4v) is 5.29. The van der Waals surface area contributed by atoms with E-state index in [-0.39, 0.29) is 11.9 Å². The van der Waals surface area contributed by atoms with Crippen LogP contribution in [0.2, 0.25) is 5.02 Å². The van der Waals surface area contributed by atoms with Crippen LogP contribution >= 0.6 is 11.6 Å². The number of fused-ring (bicyclic) bond motifs is 1. The second kappa shape index (κ2) is 11.3. The van der Waals surface area contributed by atoms with Gasteiger partial charge in [-0.05, 0) is 24.2 Å². The number of likely N-dealkylation sites (N-methyl/N-ethyl adjacent to an activating group) is 1. The Balaban J connectivity index is 1.24. The number of ether oxygens (including phenoxy) is 1. The molecule has 0 amide bonds. The molecule has 35 heavy (non-hydrogen) atoms. The van der Waals surface area contributed by atoms with Crippen LogP contribution in [0, 0.1) is 5.82 Å². The van der Waals surface area contributed by atoms with E-state index in [4.69, 9.17) is 26.3 Å². The van der Waals surface area contributed by atoms with Gasteiger partial charge in [0, 0.05) is 82.5 Å². The summed E-state index contributed by atoms with van der Waals surface area (Å²) in [5.74, 6) is 1.28. The van der Waals surface area contributed by atoms with Gasteiger partial charge in [-0.2, -0.15) is 4.98 Å². The second-order valence-corrected chi connectivity index (χ2v) is 9.89. The van der Waals surface area contributed by atoms with Crippen molar-refractivity contribution in [1.82, 2.24) is 25.1 Å². The number of aromatic nitrogens is 2. The molecule has 2 saturated heterocycles. The number of morpholine rings is 1. The Labute approximate surface area is 211 Å². The predicted octanol–water partition coefficient (Wildman–Crippen LogP) is 2.37. The normalized spacial score (nSPS) is 21.7. The van der Waals surface area contributed by atoms with Gasteiger partial charge in [0.05, 0.1) is 18.4 Å². The third-order valence-electron chi connectivity index (χ3n) is 7.17. The lowest BCUT2D eigenvalue weighted by molar-refractivity contribution is -0.0423. The molecule has 8 nitrogen and oxygen atoms in total. The number of anilines is 2. The highest BCUT2D eigenvalue weighted by molar-refractivity contribution is 6.31. The zero-order valence-electron chi connectivity index (χ0n) is 20.4. The maximum Gasteiger partial charge on any atom is 0.227 e. The van der Waals surface area contributed by atoms with Crippen LogP contribution in [0.3, 0.4) is 0 Å². The molecule has 2 N–H and O–H groups in total. The lowest BCUT2D eigenvalue weighted by atomic mass is 10.1. The topological polar surface area (TPSA) is 68.8 Å². The van der Waals surface area contributed by atoms with E-state index in [2.05, 4.69) is 32.3 Å². The highest BCUT2D eigenvalue weighted by atomic mass is 35.5. The van der Waals surface area contributed by atoms with Crippen molar-refractivity contribution in [1.29, 1.82) is 0 Å². The third-order valence-corrected chi connectivity index (χ3v) is 7.52. The van der Waals surface area contributed by atoms with Crippen LogP contribution in [-0.4, -0.2) is 91.4 Å². The molecule has 1 aromatic heterocycles. The molecule has 3 aliphatic heterocycles. The minimum atomic E-state index is -0.332. The van der Waals surface area contributed by atoms with E-state index in [1.807, 2.05) is 0 Å². The first kappa shape index (κ1) is 24.6. The fourth-order valence-electron chi connectivity index (χ4n) is 5.06. The molecule has 3 aliphatic rings. The van der Waals surface area contributed by atoms with Crippen molar-refractivity contribution < 1.29 is 9.13 Å². The van der Waals surface area contributed by atoms with E-state index in [0.717, 1.165) is 107 Å². The van der Waals surface area contributed by atoms with Crippen molar-refractivity contribution in [2.75, 3.05) is 75.7 Å². The van der Waals surface area contributed by atoms with Crippen LogP contribution < -0.4 is 15.5 Å². The van der Waals surface area contributed by atoms with Crippen LogP contribution in [0.1, 0.15) is 23.7 Å². The Bertz CT molecular complexity index is 1020. The molecule has 1 unspecified atom stereocenters. The third kappa shape index (κ3) is 6.03. The van der Waals surface area contributed by atoms with Crippen LogP contribution in [0.15, 0.2) is 18.2 Å². The fraction of sp³-hybridized carbons (Fsp3) is 0.600. The maximum atomic E-state index is 13.4. The number of halogens is 2. The van der Waals surface area contributed by atoms with Gasteiger partial charge in [0.1, 0.15) is 11.6 Å². The summed E-state index contributed by atoms with van der Waals surface area (Å²) >= 11 is 6.24. The Hall–Kier alpha value is -2.04. The zero-order chi connectivity index (χ0) is 24.2. The van der Waals surface area contributed by atoms with Gasteiger partial charge in [0.25, 0.3) is 0 Å². The highest BCUT2D eigenvalue weighted by Gasteiger charge is 2.26. The first-order valence-corrected chi connectivity index (χ1v) is 13.1. The number of rotatable bonds is 7. The summed E-state index contributed by atoms with van der Waals surface area (Å²) in [4.78, 5) is 17.1. The molecule has 10 heteroatoms. The molecule has 0 saturated carbocycles. The van der Waals surface area contributed by atoms with Crippen molar-refractivity contribution >= 4 is 23.4 Å². The summed E-state index contributed by atoms with van der Waals surface area (Å²) < 4.78 is 19.4. The van der Waals surface area contributed by atoms with Gasteiger partial charge in [0.15, 0.2) is 0 Å². The van der Waals surface area contributed by atoms with Crippen molar-refractivity contribution in [2.45, 2.75) is 32.5 Å². The first-order chi connectivity index (χ1) is 17.1. The molecule has 4 heterocycles. The molecule has 2 aromatic rings. The van der Waals surface area contributed by atoms with Crippen LogP contribution in [-0.2, 0) is 24.2 Å². The Kier molecular flexibility index (Phi) is 7.99. The van der Waals surface area contributed by atoms with Crippen LogP contribution in [0.5, 0.6) is 0 Å². The minimum absolute atomic E-state index is 0.289. The molecule has 0 aliphatic carbocycles. The van der Waals surface area contributed by atoms with Gasteiger partial charge in [-0.3, -0.25) is 9.80 Å². The maximum absolute atomic E-state index is 13.4. The zero-order valence-corrected chi connectivity index (χ0v) is 21.2. The van der Waals surface area contributed by atoms with Crippen molar-refractivity contribution in [3.63, 3.8) is 0 Å². The van der Waals surface area contributed by atoms with E-state index < -0.39 is 0 Å². The molecular formula is C25H35ClFN7O. The molecule has 1 aromatic carbocycles. The van der Waals surface area contributed by atoms with E-state index in [9.17, 15) is 4.39 Å². The number of hydrogen-bond donors (Lipinski definition) is 2. The lowest BCUT2D eigenvalue weighted by Gasteiger charge is -2.39. The Morgan fingerprint density at radius 3 is 2.83 bits per heavy atom. The monoisotopic (exact) mass is 503 g/mol. The molecule has 0 bridgehead atoms. The number of nitrogens with zero attached hydrogens (tertiary/aromatic N) is 5. The molecule has 2 fully saturated rings. The summed E-state index contributed by atoms with van der Waals surface area (Å²) in [6.07, 6.45) is 1.17. The number of benzene rings is 1. The molecule has 0 radical (unpaired) electrons. The van der Waals surface area contributed by atoms with E-state index in [1.54, 1.807) is 6.07 Å². The number of hydrogen-bond acceptors (Lipinski definition) is 8. The van der Waals surface area contributed by atoms with E-state index >= 15 is 0 Å². The molecule has 0 spiro atoms. The van der Waals surface area contributed by atoms with Crippen molar-refractivity contribution in [3.8, 4) is 0 Å². The quantitative estimate of drug-likeness (QED) is 0.597. The van der Waals surface area contributed by atoms with E-state index in [1.165, 1.54) is 12.1 Å². The van der Waals surface area contributed by atoms with Gasteiger partial charge in [-0.25, -0.2) is 9.37 Å². The average Bonchev–Trinajstić information content (AvgIpc) is 2.88. The lowest BCUT2D eigenvalue weighted by Crippen LogP contribution is -2.52. The molecular weight excluding hydrogens is 469 g/mol. The van der Waals surface area contributed by atoms with Gasteiger partial charge in [-0.15, -0.1) is 0 Å². The van der Waals surface area contributed by atoms with Gasteiger partial charge in [-0.1, -0.05) is 24.6 Å². The van der Waals surface area contributed by atoms with Crippen molar-refractivity contribution in [2.24, 2.45) is 0 Å². The first-order valence-electron chi connectivity index (χ1n) is 12.7. The molecule has 5 rings (SSSR count). The Morgan fingerprint density at radius 2 is 2.03 bits per heavy atom. The summed E-state index contributed by atoms with van der Waals surface area (Å²) in [6, 6.07) is 4.49. The van der Waals surface area contributed by atoms with Crippen molar-refractivity contribution in [3.05, 3.63) is 45.9 Å². The summed E-state index contributed by atoms with van der Waals surface area (Å²) in [7, 11) is 0. The van der Waals surface area contributed by atoms with Gasteiger partial charge in [0.2, 0.25) is 5.95 Å². The summed E-state index contributed by atoms with van der Waals surface area (Å²) in [6.45, 7) is 13.0. The second-order valence-electron chi connectivity index (χ2n) is 9.49. The van der Waals surface area contributed by atoms with E-state index in [0.29, 0.717) is 11.6 Å². The van der Waals surface area contributed by atoms with Gasteiger partial charge < -0.3 is 20.3 Å². The standard InChI is InChI=1S/C25H35ClFN7O/c1-2-32-11-12-35-20(16-32)17-33-7-9-34(10-8-33)25-30-23-5-6-28-15-21(23)24(31-25)29-14-18-3-4-19(27)13-22(18)26/h3-4,13,20,28H,2,5-12,14-17H2,1H3,(H,29,30,31). The largest absolute Gasteiger partial charge is 0.374 e. The summed E-state index contributed by atoms with van der Waals surface area (Å²) in [5, 5.41) is 7.28.